The summed E-state index contributed by atoms with van der Waals surface area (Å²) in [6, 6.07) is 3.08. The zero-order chi connectivity index (χ0) is 16.8. The molecule has 1 amide bonds. The van der Waals surface area contributed by atoms with E-state index in [2.05, 4.69) is 10.4 Å². The van der Waals surface area contributed by atoms with Crippen molar-refractivity contribution in [3.63, 3.8) is 0 Å². The van der Waals surface area contributed by atoms with Crippen molar-refractivity contribution in [3.8, 4) is 0 Å². The third kappa shape index (κ3) is 4.92. The predicted octanol–water partition coefficient (Wildman–Crippen LogP) is 1.71. The summed E-state index contributed by atoms with van der Waals surface area (Å²) < 4.78 is 6.70. The second kappa shape index (κ2) is 7.54. The molecule has 0 unspecified atom stereocenters. The molecule has 0 aromatic carbocycles. The summed E-state index contributed by atoms with van der Waals surface area (Å²) in [4.78, 5) is 32.4. The number of furan rings is 1. The molecule has 2 aromatic rings. The Morgan fingerprint density at radius 2 is 2.22 bits per heavy atom. The Hall–Kier alpha value is -2.68. The van der Waals surface area contributed by atoms with E-state index in [-0.39, 0.29) is 24.4 Å². The molecule has 10 heteroatoms. The van der Waals surface area contributed by atoms with Crippen LogP contribution in [0.2, 0.25) is 0 Å². The number of nitrogens with one attached hydrogen (secondary N) is 1. The van der Waals surface area contributed by atoms with Crippen LogP contribution >= 0.6 is 11.6 Å². The summed E-state index contributed by atoms with van der Waals surface area (Å²) in [6.45, 7) is 0.473. The molecule has 0 fully saturated rings. The van der Waals surface area contributed by atoms with Gasteiger partial charge in [0.15, 0.2) is 5.76 Å². The molecule has 0 spiro atoms. The summed E-state index contributed by atoms with van der Waals surface area (Å²) in [5, 5.41) is 16.6. The summed E-state index contributed by atoms with van der Waals surface area (Å²) in [6.07, 6.45) is 3.03. The number of hydrogen-bond acceptors (Lipinski definition) is 6. The first-order valence-electron chi connectivity index (χ1n) is 6.68. The van der Waals surface area contributed by atoms with Crippen molar-refractivity contribution < 1.29 is 18.9 Å². The third-order valence-electron chi connectivity index (χ3n) is 2.87. The van der Waals surface area contributed by atoms with Crippen molar-refractivity contribution in [2.24, 2.45) is 0 Å². The Balaban J connectivity index is 1.88. The van der Waals surface area contributed by atoms with Gasteiger partial charge in [0, 0.05) is 13.0 Å². The van der Waals surface area contributed by atoms with Gasteiger partial charge in [0.1, 0.15) is 18.2 Å². The standard InChI is InChI=1S/C13H13ClN4O5/c14-12(19)2-1-5-15-13(20)11-4-3-10(23-11)8-17-7-9(6-16-17)18(21)22/h3-4,6-7H,1-2,5,8H2,(H,15,20). The number of carbonyl (C=O) groups is 2. The number of nitro groups is 1. The van der Waals surface area contributed by atoms with Gasteiger partial charge in [-0.2, -0.15) is 5.10 Å². The second-order valence-corrected chi connectivity index (χ2v) is 5.06. The van der Waals surface area contributed by atoms with E-state index >= 15 is 0 Å². The quantitative estimate of drug-likeness (QED) is 0.338. The zero-order valence-electron chi connectivity index (χ0n) is 11.9. The van der Waals surface area contributed by atoms with Crippen LogP contribution in [0.3, 0.4) is 0 Å². The lowest BCUT2D eigenvalue weighted by Gasteiger charge is -2.01. The Bertz CT molecular complexity index is 724. The van der Waals surface area contributed by atoms with E-state index in [1.807, 2.05) is 0 Å². The van der Waals surface area contributed by atoms with E-state index in [0.29, 0.717) is 18.7 Å². The van der Waals surface area contributed by atoms with Crippen molar-refractivity contribution >= 4 is 28.4 Å². The molecule has 0 aliphatic heterocycles. The van der Waals surface area contributed by atoms with Gasteiger partial charge in [-0.3, -0.25) is 24.4 Å². The van der Waals surface area contributed by atoms with Crippen molar-refractivity contribution in [1.29, 1.82) is 0 Å². The predicted molar refractivity (Wildman–Crippen MR) is 79.1 cm³/mol. The molecule has 0 aliphatic carbocycles. The highest BCUT2D eigenvalue weighted by atomic mass is 35.5. The Kier molecular flexibility index (Phi) is 5.47. The molecule has 9 nitrogen and oxygen atoms in total. The smallest absolute Gasteiger partial charge is 0.307 e. The molecule has 2 heterocycles. The van der Waals surface area contributed by atoms with Gasteiger partial charge in [-0.1, -0.05) is 0 Å². The summed E-state index contributed by atoms with van der Waals surface area (Å²) in [5.41, 5.74) is -0.122. The van der Waals surface area contributed by atoms with Crippen LogP contribution in [0.5, 0.6) is 0 Å². The van der Waals surface area contributed by atoms with Crippen LogP contribution in [-0.4, -0.2) is 32.4 Å². The highest BCUT2D eigenvalue weighted by Gasteiger charge is 2.13. The van der Waals surface area contributed by atoms with E-state index in [4.69, 9.17) is 16.0 Å². The molecule has 23 heavy (non-hydrogen) atoms. The topological polar surface area (TPSA) is 120 Å². The fourth-order valence-electron chi connectivity index (χ4n) is 1.79. The minimum atomic E-state index is -0.546. The van der Waals surface area contributed by atoms with Gasteiger partial charge >= 0.3 is 5.69 Å². The normalized spacial score (nSPS) is 10.5. The Morgan fingerprint density at radius 1 is 1.43 bits per heavy atom. The minimum Gasteiger partial charge on any atom is -0.454 e. The van der Waals surface area contributed by atoms with Crippen LogP contribution in [-0.2, 0) is 11.3 Å². The molecule has 0 atom stereocenters. The lowest BCUT2D eigenvalue weighted by molar-refractivity contribution is -0.385. The van der Waals surface area contributed by atoms with Crippen molar-refractivity contribution in [2.75, 3.05) is 6.54 Å². The highest BCUT2D eigenvalue weighted by Crippen LogP contribution is 2.12. The van der Waals surface area contributed by atoms with Crippen molar-refractivity contribution in [2.45, 2.75) is 19.4 Å². The lowest BCUT2D eigenvalue weighted by atomic mass is 10.3. The van der Waals surface area contributed by atoms with Gasteiger partial charge in [-0.15, -0.1) is 0 Å². The van der Waals surface area contributed by atoms with Crippen LogP contribution in [0.4, 0.5) is 5.69 Å². The molecule has 0 aliphatic rings. The molecule has 0 bridgehead atoms. The van der Waals surface area contributed by atoms with Crippen LogP contribution in [0, 0.1) is 10.1 Å². The summed E-state index contributed by atoms with van der Waals surface area (Å²) >= 11 is 5.19. The fraction of sp³-hybridized carbons (Fsp3) is 0.308. The monoisotopic (exact) mass is 340 g/mol. The lowest BCUT2D eigenvalue weighted by Crippen LogP contribution is -2.24. The Labute approximate surface area is 135 Å². The molecule has 1 N–H and O–H groups in total. The molecule has 0 radical (unpaired) electrons. The molecule has 0 saturated carbocycles. The van der Waals surface area contributed by atoms with Crippen LogP contribution in [0.15, 0.2) is 28.9 Å². The molecular formula is C13H13ClN4O5. The van der Waals surface area contributed by atoms with Gasteiger partial charge in [0.25, 0.3) is 5.91 Å². The van der Waals surface area contributed by atoms with E-state index in [9.17, 15) is 19.7 Å². The van der Waals surface area contributed by atoms with Crippen LogP contribution < -0.4 is 5.32 Å². The SMILES string of the molecule is O=C(Cl)CCCNC(=O)c1ccc(Cn2cc([N+](=O)[O-])cn2)o1. The largest absolute Gasteiger partial charge is 0.454 e. The number of rotatable bonds is 8. The van der Waals surface area contributed by atoms with Crippen LogP contribution in [0.25, 0.3) is 0 Å². The molecule has 2 rings (SSSR count). The van der Waals surface area contributed by atoms with Gasteiger partial charge < -0.3 is 9.73 Å². The maximum absolute atomic E-state index is 11.8. The van der Waals surface area contributed by atoms with Gasteiger partial charge in [0.05, 0.1) is 11.5 Å². The first-order valence-corrected chi connectivity index (χ1v) is 7.05. The maximum atomic E-state index is 11.8. The number of aromatic nitrogens is 2. The minimum absolute atomic E-state index is 0.110. The molecule has 0 saturated heterocycles. The highest BCUT2D eigenvalue weighted by molar-refractivity contribution is 6.63. The number of halogens is 1. The Morgan fingerprint density at radius 3 is 2.87 bits per heavy atom. The first kappa shape index (κ1) is 16.7. The number of nitrogens with zero attached hydrogens (tertiary/aromatic N) is 3. The fourth-order valence-corrected chi connectivity index (χ4v) is 1.93. The average molecular weight is 341 g/mol. The van der Waals surface area contributed by atoms with E-state index in [1.165, 1.54) is 16.9 Å². The summed E-state index contributed by atoms with van der Waals surface area (Å²) in [7, 11) is 0. The zero-order valence-corrected chi connectivity index (χ0v) is 12.7. The third-order valence-corrected chi connectivity index (χ3v) is 3.06. The van der Waals surface area contributed by atoms with Gasteiger partial charge in [0.2, 0.25) is 5.24 Å². The van der Waals surface area contributed by atoms with E-state index in [1.54, 1.807) is 6.07 Å². The second-order valence-electron chi connectivity index (χ2n) is 4.63. The van der Waals surface area contributed by atoms with Crippen molar-refractivity contribution in [1.82, 2.24) is 15.1 Å². The van der Waals surface area contributed by atoms with E-state index < -0.39 is 16.1 Å². The maximum Gasteiger partial charge on any atom is 0.307 e. The van der Waals surface area contributed by atoms with Gasteiger partial charge in [-0.25, -0.2) is 0 Å². The van der Waals surface area contributed by atoms with Gasteiger partial charge in [-0.05, 0) is 30.2 Å². The number of carbonyl (C=O) groups excluding carboxylic acids is 2. The number of amides is 1. The molecule has 2 aromatic heterocycles. The van der Waals surface area contributed by atoms with Crippen molar-refractivity contribution in [3.05, 3.63) is 46.2 Å². The molecule has 122 valence electrons. The first-order chi connectivity index (χ1) is 11.0. The molecular weight excluding hydrogens is 328 g/mol. The van der Waals surface area contributed by atoms with Crippen LogP contribution in [0.1, 0.15) is 29.2 Å². The average Bonchev–Trinajstić information content (AvgIpc) is 3.13. The number of hydrogen-bond donors (Lipinski definition) is 1. The van der Waals surface area contributed by atoms with E-state index in [0.717, 1.165) is 6.20 Å². The summed E-state index contributed by atoms with van der Waals surface area (Å²) in [5.74, 6) is 0.132.